The van der Waals surface area contributed by atoms with Crippen molar-refractivity contribution in [3.63, 3.8) is 0 Å². The summed E-state index contributed by atoms with van der Waals surface area (Å²) in [5.41, 5.74) is 1.11. The Morgan fingerprint density at radius 3 is 2.53 bits per heavy atom. The van der Waals surface area contributed by atoms with Crippen LogP contribution in [0.15, 0.2) is 54.6 Å². The highest BCUT2D eigenvalue weighted by atomic mass is 16.3. The number of benzene rings is 2. The molecule has 0 saturated carbocycles. The highest BCUT2D eigenvalue weighted by Crippen LogP contribution is 2.13. The molecule has 4 nitrogen and oxygen atoms in total. The molecule has 0 spiro atoms. The lowest BCUT2D eigenvalue weighted by Crippen LogP contribution is -2.28. The Morgan fingerprint density at radius 1 is 1.11 bits per heavy atom. The van der Waals surface area contributed by atoms with E-state index in [0.29, 0.717) is 5.56 Å². The summed E-state index contributed by atoms with van der Waals surface area (Å²) in [5, 5.41) is 21.8. The van der Waals surface area contributed by atoms with Gasteiger partial charge in [-0.1, -0.05) is 36.4 Å². The van der Waals surface area contributed by atoms with E-state index in [1.807, 2.05) is 18.2 Å². The number of aromatic hydroxyl groups is 1. The largest absolute Gasteiger partial charge is 0.508 e. The molecule has 0 aliphatic heterocycles. The molecule has 3 N–H and O–H groups in total. The number of nitrogens with one attached hydrogen (secondary N) is 1. The van der Waals surface area contributed by atoms with Crippen molar-refractivity contribution in [3.8, 4) is 5.75 Å². The topological polar surface area (TPSA) is 69.6 Å². The summed E-state index contributed by atoms with van der Waals surface area (Å²) in [4.78, 5) is 11.8. The van der Waals surface area contributed by atoms with E-state index in [2.05, 4.69) is 5.32 Å². The van der Waals surface area contributed by atoms with E-state index in [1.54, 1.807) is 24.3 Å². The maximum Gasteiger partial charge on any atom is 0.251 e. The Labute approximate surface area is 111 Å². The van der Waals surface area contributed by atoms with Crippen molar-refractivity contribution in [2.75, 3.05) is 6.54 Å². The van der Waals surface area contributed by atoms with E-state index in [1.165, 1.54) is 12.1 Å². The molecule has 2 aromatic rings. The number of aliphatic hydroxyl groups excluding tert-OH is 1. The van der Waals surface area contributed by atoms with Crippen molar-refractivity contribution in [2.24, 2.45) is 0 Å². The van der Waals surface area contributed by atoms with Crippen LogP contribution < -0.4 is 5.32 Å². The predicted octanol–water partition coefficient (Wildman–Crippen LogP) is 1.86. The third kappa shape index (κ3) is 3.56. The number of hydrogen-bond acceptors (Lipinski definition) is 3. The van der Waals surface area contributed by atoms with E-state index in [0.717, 1.165) is 5.56 Å². The minimum Gasteiger partial charge on any atom is -0.508 e. The molecule has 2 rings (SSSR count). The zero-order valence-electron chi connectivity index (χ0n) is 10.3. The molecule has 0 radical (unpaired) electrons. The van der Waals surface area contributed by atoms with Crippen LogP contribution in [-0.4, -0.2) is 22.7 Å². The van der Waals surface area contributed by atoms with Gasteiger partial charge in [0, 0.05) is 12.1 Å². The van der Waals surface area contributed by atoms with Crippen LogP contribution in [0, 0.1) is 0 Å². The third-order valence-electron chi connectivity index (χ3n) is 2.75. The van der Waals surface area contributed by atoms with E-state index in [4.69, 9.17) is 0 Å². The van der Waals surface area contributed by atoms with Crippen LogP contribution in [0.3, 0.4) is 0 Å². The SMILES string of the molecule is O=C(NCC(O)c1ccccc1)c1cccc(O)c1. The van der Waals surface area contributed by atoms with Gasteiger partial charge in [0.2, 0.25) is 0 Å². The summed E-state index contributed by atoms with van der Waals surface area (Å²) in [6, 6.07) is 15.2. The second-order valence-corrected chi connectivity index (χ2v) is 4.19. The van der Waals surface area contributed by atoms with Crippen LogP contribution in [0.1, 0.15) is 22.0 Å². The maximum atomic E-state index is 11.8. The fraction of sp³-hybridized carbons (Fsp3) is 0.133. The monoisotopic (exact) mass is 257 g/mol. The van der Waals surface area contributed by atoms with E-state index >= 15 is 0 Å². The lowest BCUT2D eigenvalue weighted by atomic mass is 10.1. The Kier molecular flexibility index (Phi) is 4.15. The first-order valence-electron chi connectivity index (χ1n) is 5.97. The predicted molar refractivity (Wildman–Crippen MR) is 71.8 cm³/mol. The van der Waals surface area contributed by atoms with E-state index in [9.17, 15) is 15.0 Å². The van der Waals surface area contributed by atoms with Gasteiger partial charge < -0.3 is 15.5 Å². The van der Waals surface area contributed by atoms with Crippen molar-refractivity contribution in [1.82, 2.24) is 5.32 Å². The van der Waals surface area contributed by atoms with Crippen molar-refractivity contribution in [1.29, 1.82) is 0 Å². The molecule has 0 heterocycles. The van der Waals surface area contributed by atoms with Crippen LogP contribution >= 0.6 is 0 Å². The highest BCUT2D eigenvalue weighted by Gasteiger charge is 2.10. The smallest absolute Gasteiger partial charge is 0.251 e. The van der Waals surface area contributed by atoms with Crippen LogP contribution in [0.4, 0.5) is 0 Å². The van der Waals surface area contributed by atoms with Crippen LogP contribution in [-0.2, 0) is 0 Å². The third-order valence-corrected chi connectivity index (χ3v) is 2.75. The van der Waals surface area contributed by atoms with E-state index in [-0.39, 0.29) is 18.2 Å². The molecule has 0 saturated heterocycles. The van der Waals surface area contributed by atoms with Crippen LogP contribution in [0.5, 0.6) is 5.75 Å². The van der Waals surface area contributed by atoms with Crippen LogP contribution in [0.2, 0.25) is 0 Å². The molecule has 4 heteroatoms. The van der Waals surface area contributed by atoms with Gasteiger partial charge in [-0.25, -0.2) is 0 Å². The fourth-order valence-electron chi connectivity index (χ4n) is 1.73. The molecule has 0 bridgehead atoms. The Morgan fingerprint density at radius 2 is 1.84 bits per heavy atom. The average Bonchev–Trinajstić information content (AvgIpc) is 2.45. The second kappa shape index (κ2) is 6.02. The van der Waals surface area contributed by atoms with Gasteiger partial charge >= 0.3 is 0 Å². The Balaban J connectivity index is 1.94. The van der Waals surface area contributed by atoms with Gasteiger partial charge in [0.25, 0.3) is 5.91 Å². The normalized spacial score (nSPS) is 11.8. The summed E-state index contributed by atoms with van der Waals surface area (Å²) >= 11 is 0. The number of hydrogen-bond donors (Lipinski definition) is 3. The lowest BCUT2D eigenvalue weighted by molar-refractivity contribution is 0.0916. The lowest BCUT2D eigenvalue weighted by Gasteiger charge is -2.12. The van der Waals surface area contributed by atoms with Gasteiger partial charge in [-0.2, -0.15) is 0 Å². The minimum absolute atomic E-state index is 0.0382. The number of carbonyl (C=O) groups excluding carboxylic acids is 1. The Bertz CT molecular complexity index is 554. The molecular formula is C15H15NO3. The van der Waals surface area contributed by atoms with Gasteiger partial charge in [0.05, 0.1) is 6.10 Å². The molecule has 2 aromatic carbocycles. The number of amides is 1. The summed E-state index contributed by atoms with van der Waals surface area (Å²) in [5.74, 6) is -0.290. The summed E-state index contributed by atoms with van der Waals surface area (Å²) in [7, 11) is 0. The fourth-order valence-corrected chi connectivity index (χ4v) is 1.73. The van der Waals surface area contributed by atoms with Crippen molar-refractivity contribution >= 4 is 5.91 Å². The molecule has 98 valence electrons. The number of phenolic OH excluding ortho intramolecular Hbond substituents is 1. The number of aliphatic hydroxyl groups is 1. The van der Waals surface area contributed by atoms with E-state index < -0.39 is 6.10 Å². The molecule has 0 aliphatic rings. The van der Waals surface area contributed by atoms with Gasteiger partial charge in [0.1, 0.15) is 5.75 Å². The molecule has 0 aliphatic carbocycles. The summed E-state index contributed by atoms with van der Waals surface area (Å²) in [6.07, 6.45) is -0.748. The first kappa shape index (κ1) is 13.1. The number of carbonyl (C=O) groups is 1. The molecule has 0 fully saturated rings. The zero-order valence-corrected chi connectivity index (χ0v) is 10.3. The standard InChI is InChI=1S/C15H15NO3/c17-13-8-4-7-12(9-13)15(19)16-10-14(18)11-5-2-1-3-6-11/h1-9,14,17-18H,10H2,(H,16,19). The maximum absolute atomic E-state index is 11.8. The van der Waals surface area contributed by atoms with Gasteiger partial charge in [-0.15, -0.1) is 0 Å². The second-order valence-electron chi connectivity index (χ2n) is 4.19. The summed E-state index contributed by atoms with van der Waals surface area (Å²) < 4.78 is 0. The number of phenols is 1. The highest BCUT2D eigenvalue weighted by molar-refractivity contribution is 5.94. The van der Waals surface area contributed by atoms with Gasteiger partial charge in [-0.05, 0) is 23.8 Å². The first-order valence-corrected chi connectivity index (χ1v) is 5.97. The molecule has 0 aromatic heterocycles. The first-order chi connectivity index (χ1) is 9.16. The van der Waals surface area contributed by atoms with Crippen molar-refractivity contribution in [2.45, 2.75) is 6.10 Å². The quantitative estimate of drug-likeness (QED) is 0.783. The summed E-state index contributed by atoms with van der Waals surface area (Å²) in [6.45, 7) is 0.124. The van der Waals surface area contributed by atoms with Crippen LogP contribution in [0.25, 0.3) is 0 Å². The Hall–Kier alpha value is -2.33. The molecule has 1 unspecified atom stereocenters. The molecule has 19 heavy (non-hydrogen) atoms. The minimum atomic E-state index is -0.748. The molecule has 1 atom stereocenters. The average molecular weight is 257 g/mol. The van der Waals surface area contributed by atoms with Gasteiger partial charge in [0.15, 0.2) is 0 Å². The van der Waals surface area contributed by atoms with Gasteiger partial charge in [-0.3, -0.25) is 4.79 Å². The van der Waals surface area contributed by atoms with Crippen molar-refractivity contribution in [3.05, 3.63) is 65.7 Å². The number of rotatable bonds is 4. The van der Waals surface area contributed by atoms with Crippen molar-refractivity contribution < 1.29 is 15.0 Å². The molecular weight excluding hydrogens is 242 g/mol. The zero-order chi connectivity index (χ0) is 13.7. The molecule has 1 amide bonds.